The lowest BCUT2D eigenvalue weighted by molar-refractivity contribution is 0.0944. The normalized spacial score (nSPS) is 12.0. The first-order valence-electron chi connectivity index (χ1n) is 4.58. The Balaban J connectivity index is 2.98. The largest absolute Gasteiger partial charge is 0.392 e. The summed E-state index contributed by atoms with van der Waals surface area (Å²) in [5.41, 5.74) is 4.64. The zero-order chi connectivity index (χ0) is 13.2. The van der Waals surface area contributed by atoms with Gasteiger partial charge in [0, 0.05) is 0 Å². The maximum atomic E-state index is 13.2. The van der Waals surface area contributed by atoms with E-state index in [0.29, 0.717) is 6.07 Å². The molecule has 3 N–H and O–H groups in total. The van der Waals surface area contributed by atoms with Gasteiger partial charge in [0.2, 0.25) is 0 Å². The van der Waals surface area contributed by atoms with Crippen molar-refractivity contribution in [1.82, 2.24) is 5.32 Å². The van der Waals surface area contributed by atoms with E-state index in [0.717, 1.165) is 6.07 Å². The van der Waals surface area contributed by atoms with Crippen molar-refractivity contribution >= 4 is 23.1 Å². The van der Waals surface area contributed by atoms with Gasteiger partial charge in [0.25, 0.3) is 5.91 Å². The van der Waals surface area contributed by atoms with Crippen molar-refractivity contribution < 1.29 is 18.0 Å². The summed E-state index contributed by atoms with van der Waals surface area (Å²) in [6.45, 7) is 1.48. The Morgan fingerprint density at radius 2 is 1.94 bits per heavy atom. The van der Waals surface area contributed by atoms with Crippen molar-refractivity contribution in [3.63, 3.8) is 0 Å². The molecule has 1 aromatic rings. The molecule has 7 heteroatoms. The van der Waals surface area contributed by atoms with Gasteiger partial charge >= 0.3 is 0 Å². The van der Waals surface area contributed by atoms with E-state index >= 15 is 0 Å². The Morgan fingerprint density at radius 1 is 1.35 bits per heavy atom. The molecule has 0 aliphatic carbocycles. The number of benzene rings is 1. The molecule has 17 heavy (non-hydrogen) atoms. The lowest BCUT2D eigenvalue weighted by Gasteiger charge is -2.12. The zero-order valence-corrected chi connectivity index (χ0v) is 9.58. The van der Waals surface area contributed by atoms with Crippen LogP contribution < -0.4 is 11.1 Å². The fraction of sp³-hybridized carbons (Fsp3) is 0.200. The number of rotatable bonds is 3. The number of hydrogen-bond acceptors (Lipinski definition) is 2. The first kappa shape index (κ1) is 13.4. The molecule has 0 aliphatic heterocycles. The molecule has 0 fully saturated rings. The molecule has 0 heterocycles. The van der Waals surface area contributed by atoms with Crippen LogP contribution in [0.4, 0.5) is 13.2 Å². The first-order chi connectivity index (χ1) is 7.84. The number of nitrogens with one attached hydrogen (secondary N) is 1. The smallest absolute Gasteiger partial charge is 0.254 e. The standard InChI is InChI=1S/C10H9F3N2OS/c1-4(9(14)17)15-10(16)5-2-3-6(11)8(13)7(5)12/h2-4H,1H3,(H2,14,17)(H,15,16). The van der Waals surface area contributed by atoms with Gasteiger partial charge in [-0.25, -0.2) is 13.2 Å². The molecular formula is C10H9F3N2OS. The lowest BCUT2D eigenvalue weighted by atomic mass is 10.1. The van der Waals surface area contributed by atoms with Gasteiger partial charge in [-0.05, 0) is 19.1 Å². The van der Waals surface area contributed by atoms with Crippen LogP contribution in [0.15, 0.2) is 12.1 Å². The Morgan fingerprint density at radius 3 is 2.47 bits per heavy atom. The summed E-state index contributed by atoms with van der Waals surface area (Å²) in [5, 5.41) is 2.25. The zero-order valence-electron chi connectivity index (χ0n) is 8.76. The third-order valence-corrected chi connectivity index (χ3v) is 2.41. The lowest BCUT2D eigenvalue weighted by Crippen LogP contribution is -2.41. The Hall–Kier alpha value is -1.63. The van der Waals surface area contributed by atoms with E-state index in [1.165, 1.54) is 6.92 Å². The van der Waals surface area contributed by atoms with Crippen LogP contribution >= 0.6 is 12.2 Å². The van der Waals surface area contributed by atoms with Crippen LogP contribution in [0.5, 0.6) is 0 Å². The van der Waals surface area contributed by atoms with Crippen LogP contribution in [-0.4, -0.2) is 16.9 Å². The molecule has 0 radical (unpaired) electrons. The molecule has 0 saturated carbocycles. The number of carbonyl (C=O) groups excluding carboxylic acids is 1. The highest BCUT2D eigenvalue weighted by molar-refractivity contribution is 7.80. The van der Waals surface area contributed by atoms with Crippen LogP contribution in [0.1, 0.15) is 17.3 Å². The van der Waals surface area contributed by atoms with Crippen LogP contribution in [0.2, 0.25) is 0 Å². The summed E-state index contributed by atoms with van der Waals surface area (Å²) in [4.78, 5) is 11.5. The van der Waals surface area contributed by atoms with Crippen LogP contribution in [0.25, 0.3) is 0 Å². The van der Waals surface area contributed by atoms with E-state index in [2.05, 4.69) is 17.5 Å². The fourth-order valence-corrected chi connectivity index (χ4v) is 1.11. The summed E-state index contributed by atoms with van der Waals surface area (Å²) < 4.78 is 38.7. The minimum Gasteiger partial charge on any atom is -0.392 e. The van der Waals surface area contributed by atoms with Crippen LogP contribution in [-0.2, 0) is 0 Å². The molecule has 92 valence electrons. The van der Waals surface area contributed by atoms with Crippen molar-refractivity contribution in [1.29, 1.82) is 0 Å². The van der Waals surface area contributed by atoms with Crippen LogP contribution in [0.3, 0.4) is 0 Å². The van der Waals surface area contributed by atoms with E-state index in [-0.39, 0.29) is 4.99 Å². The molecular weight excluding hydrogens is 253 g/mol. The Bertz CT molecular complexity index is 479. The van der Waals surface area contributed by atoms with Gasteiger partial charge in [0.1, 0.15) is 0 Å². The van der Waals surface area contributed by atoms with E-state index in [4.69, 9.17) is 5.73 Å². The maximum Gasteiger partial charge on any atom is 0.254 e. The first-order valence-corrected chi connectivity index (χ1v) is 4.99. The van der Waals surface area contributed by atoms with E-state index in [9.17, 15) is 18.0 Å². The molecule has 1 amide bonds. The third kappa shape index (κ3) is 2.94. The van der Waals surface area contributed by atoms with Gasteiger partial charge in [-0.2, -0.15) is 0 Å². The summed E-state index contributed by atoms with van der Waals surface area (Å²) in [6.07, 6.45) is 0. The second-order valence-electron chi connectivity index (χ2n) is 3.32. The monoisotopic (exact) mass is 262 g/mol. The fourth-order valence-electron chi connectivity index (χ4n) is 1.05. The molecule has 0 saturated heterocycles. The third-order valence-electron chi connectivity index (χ3n) is 2.05. The topological polar surface area (TPSA) is 55.1 Å². The molecule has 1 unspecified atom stereocenters. The van der Waals surface area contributed by atoms with Crippen LogP contribution in [0, 0.1) is 17.5 Å². The summed E-state index contributed by atoms with van der Waals surface area (Å²) in [5.74, 6) is -5.51. The van der Waals surface area contributed by atoms with E-state index in [1.807, 2.05) is 0 Å². The minimum atomic E-state index is -1.69. The number of thiocarbonyl (C=S) groups is 1. The van der Waals surface area contributed by atoms with Crippen molar-refractivity contribution in [3.05, 3.63) is 35.1 Å². The Kier molecular flexibility index (Phi) is 4.06. The summed E-state index contributed by atoms with van der Waals surface area (Å²) >= 11 is 4.60. The van der Waals surface area contributed by atoms with Gasteiger partial charge in [0.15, 0.2) is 17.5 Å². The molecule has 0 aromatic heterocycles. The number of hydrogen-bond donors (Lipinski definition) is 2. The molecule has 1 atom stereocenters. The highest BCUT2D eigenvalue weighted by atomic mass is 32.1. The number of carbonyl (C=O) groups is 1. The highest BCUT2D eigenvalue weighted by Gasteiger charge is 2.20. The van der Waals surface area contributed by atoms with Gasteiger partial charge in [-0.3, -0.25) is 4.79 Å². The predicted molar refractivity (Wildman–Crippen MR) is 60.0 cm³/mol. The summed E-state index contributed by atoms with van der Waals surface area (Å²) in [7, 11) is 0. The molecule has 0 aliphatic rings. The molecule has 0 spiro atoms. The second-order valence-corrected chi connectivity index (χ2v) is 3.79. The van der Waals surface area contributed by atoms with Crippen molar-refractivity contribution in [2.75, 3.05) is 0 Å². The molecule has 1 rings (SSSR count). The molecule has 1 aromatic carbocycles. The average molecular weight is 262 g/mol. The molecule has 0 bridgehead atoms. The SMILES string of the molecule is CC(NC(=O)c1ccc(F)c(F)c1F)C(N)=S. The van der Waals surface area contributed by atoms with Gasteiger partial charge in [-0.15, -0.1) is 0 Å². The van der Waals surface area contributed by atoms with E-state index in [1.54, 1.807) is 0 Å². The predicted octanol–water partition coefficient (Wildman–Crippen LogP) is 1.51. The van der Waals surface area contributed by atoms with Gasteiger partial charge in [0.05, 0.1) is 16.6 Å². The average Bonchev–Trinajstić information content (AvgIpc) is 2.25. The van der Waals surface area contributed by atoms with Gasteiger partial charge in [-0.1, -0.05) is 12.2 Å². The van der Waals surface area contributed by atoms with E-state index < -0.39 is 35.0 Å². The highest BCUT2D eigenvalue weighted by Crippen LogP contribution is 2.15. The van der Waals surface area contributed by atoms with Crippen molar-refractivity contribution in [2.45, 2.75) is 13.0 Å². The second kappa shape index (κ2) is 5.13. The Labute approximate surface area is 101 Å². The summed E-state index contributed by atoms with van der Waals surface area (Å²) in [6, 6.07) is 0.832. The number of halogens is 3. The quantitative estimate of drug-likeness (QED) is 0.641. The molecule has 3 nitrogen and oxygen atoms in total. The van der Waals surface area contributed by atoms with Gasteiger partial charge < -0.3 is 11.1 Å². The maximum absolute atomic E-state index is 13.2. The van der Waals surface area contributed by atoms with Crippen molar-refractivity contribution in [2.24, 2.45) is 5.73 Å². The minimum absolute atomic E-state index is 0.00124. The van der Waals surface area contributed by atoms with Crippen molar-refractivity contribution in [3.8, 4) is 0 Å². The number of amides is 1. The number of nitrogens with two attached hydrogens (primary N) is 1.